The van der Waals surface area contributed by atoms with Crippen molar-refractivity contribution in [1.82, 2.24) is 4.98 Å². The number of aromatic nitrogens is 1. The van der Waals surface area contributed by atoms with Gasteiger partial charge >= 0.3 is 0 Å². The van der Waals surface area contributed by atoms with Crippen molar-refractivity contribution in [3.05, 3.63) is 59.7 Å². The lowest BCUT2D eigenvalue weighted by Gasteiger charge is -2.07. The van der Waals surface area contributed by atoms with Crippen LogP contribution in [0.3, 0.4) is 0 Å². The number of nitrogens with zero attached hydrogens (tertiary/aromatic N) is 1. The topological polar surface area (TPSA) is 48.1 Å². The predicted octanol–water partition coefficient (Wildman–Crippen LogP) is 2.11. The third kappa shape index (κ3) is 3.80. The molecule has 0 atom stereocenters. The fourth-order valence-corrected chi connectivity index (χ4v) is 1.48. The minimum atomic E-state index is -0.422. The number of hydrogen-bond donors (Lipinski definition) is 1. The molecule has 4 heteroatoms. The summed E-state index contributed by atoms with van der Waals surface area (Å²) in [4.78, 5) is 4.10. The lowest BCUT2D eigenvalue weighted by molar-refractivity contribution is 0.286. The highest BCUT2D eigenvalue weighted by Crippen LogP contribution is 2.19. The van der Waals surface area contributed by atoms with Crippen LogP contribution in [0, 0.1) is 17.7 Å². The van der Waals surface area contributed by atoms with Crippen molar-refractivity contribution in [2.24, 2.45) is 5.73 Å². The average molecular weight is 256 g/mol. The van der Waals surface area contributed by atoms with Gasteiger partial charge in [0.05, 0.1) is 12.2 Å². The highest BCUT2D eigenvalue weighted by Gasteiger charge is 2.04. The normalized spacial score (nSPS) is 9.58. The lowest BCUT2D eigenvalue weighted by Crippen LogP contribution is -1.99. The van der Waals surface area contributed by atoms with Gasteiger partial charge in [-0.3, -0.25) is 4.98 Å². The van der Waals surface area contributed by atoms with Gasteiger partial charge in [-0.15, -0.1) is 0 Å². The second-order valence-corrected chi connectivity index (χ2v) is 3.76. The Kier molecular flexibility index (Phi) is 4.49. The van der Waals surface area contributed by atoms with E-state index in [4.69, 9.17) is 10.5 Å². The molecule has 96 valence electrons. The molecule has 2 aromatic rings. The molecule has 0 aliphatic rings. The number of pyridine rings is 1. The molecular formula is C15H13FN2O. The Morgan fingerprint density at radius 2 is 2.16 bits per heavy atom. The molecule has 0 spiro atoms. The van der Waals surface area contributed by atoms with Crippen LogP contribution in [0.1, 0.15) is 11.3 Å². The van der Waals surface area contributed by atoms with E-state index in [9.17, 15) is 4.39 Å². The second-order valence-electron chi connectivity index (χ2n) is 3.76. The molecular weight excluding hydrogens is 243 g/mol. The molecule has 0 fully saturated rings. The van der Waals surface area contributed by atoms with Crippen molar-refractivity contribution in [2.45, 2.75) is 6.61 Å². The fraction of sp³-hybridized carbons (Fsp3) is 0.133. The first-order chi connectivity index (χ1) is 9.29. The van der Waals surface area contributed by atoms with E-state index in [1.165, 1.54) is 6.07 Å². The summed E-state index contributed by atoms with van der Waals surface area (Å²) in [5, 5.41) is 0. The van der Waals surface area contributed by atoms with Crippen LogP contribution < -0.4 is 10.5 Å². The van der Waals surface area contributed by atoms with Crippen molar-refractivity contribution in [3.63, 3.8) is 0 Å². The van der Waals surface area contributed by atoms with Crippen molar-refractivity contribution in [3.8, 4) is 17.6 Å². The van der Waals surface area contributed by atoms with Crippen molar-refractivity contribution in [1.29, 1.82) is 0 Å². The number of benzene rings is 1. The minimum Gasteiger partial charge on any atom is -0.484 e. The first-order valence-corrected chi connectivity index (χ1v) is 5.81. The molecule has 19 heavy (non-hydrogen) atoms. The van der Waals surface area contributed by atoms with Crippen LogP contribution >= 0.6 is 0 Å². The van der Waals surface area contributed by atoms with Crippen LogP contribution in [0.2, 0.25) is 0 Å². The third-order valence-electron chi connectivity index (χ3n) is 2.37. The van der Waals surface area contributed by atoms with Crippen molar-refractivity contribution >= 4 is 0 Å². The van der Waals surface area contributed by atoms with E-state index in [-0.39, 0.29) is 18.9 Å². The largest absolute Gasteiger partial charge is 0.484 e. The standard InChI is InChI=1S/C15H13FN2O/c16-14-7-6-12(4-3-8-17)10-15(14)19-11-13-5-1-2-9-18-13/h1-2,5-7,9-10H,8,11,17H2. The van der Waals surface area contributed by atoms with Crippen LogP contribution in [-0.4, -0.2) is 11.5 Å². The van der Waals surface area contributed by atoms with Gasteiger partial charge < -0.3 is 10.5 Å². The molecule has 1 heterocycles. The van der Waals surface area contributed by atoms with Gasteiger partial charge in [-0.2, -0.15) is 0 Å². The Hall–Kier alpha value is -2.38. The monoisotopic (exact) mass is 256 g/mol. The summed E-state index contributed by atoms with van der Waals surface area (Å²) in [6, 6.07) is 9.95. The smallest absolute Gasteiger partial charge is 0.165 e. The maximum Gasteiger partial charge on any atom is 0.165 e. The predicted molar refractivity (Wildman–Crippen MR) is 70.9 cm³/mol. The van der Waals surface area contributed by atoms with Crippen LogP contribution in [0.5, 0.6) is 5.75 Å². The minimum absolute atomic E-state index is 0.162. The highest BCUT2D eigenvalue weighted by molar-refractivity contribution is 5.40. The van der Waals surface area contributed by atoms with Crippen LogP contribution in [0.25, 0.3) is 0 Å². The van der Waals surface area contributed by atoms with Crippen molar-refractivity contribution in [2.75, 3.05) is 6.54 Å². The first kappa shape index (κ1) is 13.1. The quantitative estimate of drug-likeness (QED) is 0.856. The molecule has 0 amide bonds. The van der Waals surface area contributed by atoms with Gasteiger partial charge in [0.1, 0.15) is 6.61 Å². The summed E-state index contributed by atoms with van der Waals surface area (Å²) in [5.41, 5.74) is 6.70. The van der Waals surface area contributed by atoms with Gasteiger partial charge in [0.25, 0.3) is 0 Å². The molecule has 0 radical (unpaired) electrons. The van der Waals surface area contributed by atoms with E-state index in [2.05, 4.69) is 16.8 Å². The summed E-state index contributed by atoms with van der Waals surface area (Å²) in [6.07, 6.45) is 1.66. The molecule has 2 N–H and O–H groups in total. The van der Waals surface area contributed by atoms with E-state index < -0.39 is 5.82 Å². The van der Waals surface area contributed by atoms with Gasteiger partial charge in [0.15, 0.2) is 11.6 Å². The SMILES string of the molecule is NCC#Cc1ccc(F)c(OCc2ccccn2)c1. The zero-order chi connectivity index (χ0) is 13.5. The average Bonchev–Trinajstić information content (AvgIpc) is 2.46. The van der Waals surface area contributed by atoms with Gasteiger partial charge in [0, 0.05) is 11.8 Å². The van der Waals surface area contributed by atoms with E-state index in [1.807, 2.05) is 18.2 Å². The summed E-state index contributed by atoms with van der Waals surface area (Å²) in [7, 11) is 0. The van der Waals surface area contributed by atoms with Gasteiger partial charge in [-0.25, -0.2) is 4.39 Å². The zero-order valence-electron chi connectivity index (χ0n) is 10.3. The van der Waals surface area contributed by atoms with Crippen LogP contribution in [-0.2, 0) is 6.61 Å². The molecule has 0 aliphatic carbocycles. The summed E-state index contributed by atoms with van der Waals surface area (Å²) in [5.74, 6) is 5.28. The number of nitrogens with two attached hydrogens (primary N) is 1. The first-order valence-electron chi connectivity index (χ1n) is 5.81. The molecule has 2 rings (SSSR count). The van der Waals surface area contributed by atoms with Gasteiger partial charge in [-0.1, -0.05) is 17.9 Å². The molecule has 3 nitrogen and oxygen atoms in total. The van der Waals surface area contributed by atoms with Crippen LogP contribution in [0.4, 0.5) is 4.39 Å². The Labute approximate surface area is 111 Å². The maximum absolute atomic E-state index is 13.6. The van der Waals surface area contributed by atoms with Gasteiger partial charge in [0.2, 0.25) is 0 Å². The summed E-state index contributed by atoms with van der Waals surface area (Å²) >= 11 is 0. The molecule has 0 saturated heterocycles. The molecule has 0 bridgehead atoms. The third-order valence-corrected chi connectivity index (χ3v) is 2.37. The molecule has 1 aromatic heterocycles. The van der Waals surface area contributed by atoms with Crippen molar-refractivity contribution < 1.29 is 9.13 Å². The van der Waals surface area contributed by atoms with E-state index in [1.54, 1.807) is 18.3 Å². The maximum atomic E-state index is 13.6. The molecule has 1 aromatic carbocycles. The van der Waals surface area contributed by atoms with E-state index >= 15 is 0 Å². The lowest BCUT2D eigenvalue weighted by atomic mass is 10.2. The van der Waals surface area contributed by atoms with Crippen LogP contribution in [0.15, 0.2) is 42.6 Å². The molecule has 0 saturated carbocycles. The number of hydrogen-bond acceptors (Lipinski definition) is 3. The number of rotatable bonds is 3. The summed E-state index contributed by atoms with van der Waals surface area (Å²) in [6.45, 7) is 0.479. The number of ether oxygens (including phenoxy) is 1. The zero-order valence-corrected chi connectivity index (χ0v) is 10.3. The Morgan fingerprint density at radius 1 is 1.26 bits per heavy atom. The Balaban J connectivity index is 2.11. The highest BCUT2D eigenvalue weighted by atomic mass is 19.1. The number of halogens is 1. The second kappa shape index (κ2) is 6.53. The Bertz CT molecular complexity index is 603. The fourth-order valence-electron chi connectivity index (χ4n) is 1.48. The van der Waals surface area contributed by atoms with Gasteiger partial charge in [-0.05, 0) is 30.3 Å². The van der Waals surface area contributed by atoms with E-state index in [0.717, 1.165) is 5.69 Å². The summed E-state index contributed by atoms with van der Waals surface area (Å²) < 4.78 is 19.0. The van der Waals surface area contributed by atoms with E-state index in [0.29, 0.717) is 5.56 Å². The molecule has 0 aliphatic heterocycles. The molecule has 0 unspecified atom stereocenters. The Morgan fingerprint density at radius 3 is 2.89 bits per heavy atom.